The third-order valence-electron chi connectivity index (χ3n) is 2.95. The van der Waals surface area contributed by atoms with Gasteiger partial charge in [0.2, 0.25) is 0 Å². The van der Waals surface area contributed by atoms with Gasteiger partial charge in [-0.05, 0) is 31.5 Å². The van der Waals surface area contributed by atoms with Crippen LogP contribution in [0.4, 0.5) is 13.6 Å². The van der Waals surface area contributed by atoms with E-state index in [0.29, 0.717) is 5.56 Å². The van der Waals surface area contributed by atoms with Crippen LogP contribution in [0.1, 0.15) is 25.5 Å². The fourth-order valence-electron chi connectivity index (χ4n) is 2.03. The molecular formula is C15H22F2N2O3. The summed E-state index contributed by atoms with van der Waals surface area (Å²) in [7, 11) is 2.97. The van der Waals surface area contributed by atoms with E-state index in [1.165, 1.54) is 25.1 Å². The molecule has 1 rings (SSSR count). The number of likely N-dealkylation sites (N-methyl/N-ethyl adjacent to an activating group) is 1. The molecule has 0 aliphatic heterocycles. The van der Waals surface area contributed by atoms with Gasteiger partial charge in [0.05, 0.1) is 24.8 Å². The molecule has 124 valence electrons. The van der Waals surface area contributed by atoms with E-state index in [1.807, 2.05) is 0 Å². The molecule has 0 heterocycles. The number of carbonyl (C=O) groups excluding carboxylic acids is 1. The maximum atomic E-state index is 13.3. The van der Waals surface area contributed by atoms with E-state index >= 15 is 0 Å². The summed E-state index contributed by atoms with van der Waals surface area (Å²) in [5, 5.41) is 12.4. The Morgan fingerprint density at radius 1 is 1.41 bits per heavy atom. The first-order valence-electron chi connectivity index (χ1n) is 6.82. The first-order valence-corrected chi connectivity index (χ1v) is 6.82. The Balaban J connectivity index is 2.83. The van der Waals surface area contributed by atoms with Crippen molar-refractivity contribution in [1.29, 1.82) is 0 Å². The van der Waals surface area contributed by atoms with Crippen molar-refractivity contribution in [1.82, 2.24) is 10.2 Å². The normalized spacial score (nSPS) is 12.9. The van der Waals surface area contributed by atoms with E-state index in [1.54, 1.807) is 13.8 Å². The minimum absolute atomic E-state index is 0.104. The quantitative estimate of drug-likeness (QED) is 0.844. The summed E-state index contributed by atoms with van der Waals surface area (Å²) in [6.45, 7) is 3.39. The molecule has 0 fully saturated rings. The van der Waals surface area contributed by atoms with Crippen molar-refractivity contribution in [2.75, 3.05) is 27.3 Å². The van der Waals surface area contributed by atoms with E-state index in [-0.39, 0.29) is 13.2 Å². The third kappa shape index (κ3) is 5.57. The Labute approximate surface area is 128 Å². The molecule has 0 aliphatic rings. The van der Waals surface area contributed by atoms with Gasteiger partial charge in [0, 0.05) is 14.2 Å². The molecule has 7 heteroatoms. The van der Waals surface area contributed by atoms with Crippen LogP contribution in [0.25, 0.3) is 0 Å². The summed E-state index contributed by atoms with van der Waals surface area (Å²) in [5.74, 6) is -1.94. The number of amides is 2. The molecule has 1 unspecified atom stereocenters. The van der Waals surface area contributed by atoms with Crippen LogP contribution in [0.15, 0.2) is 18.2 Å². The summed E-state index contributed by atoms with van der Waals surface area (Å²) >= 11 is 0. The number of urea groups is 1. The molecule has 0 saturated carbocycles. The van der Waals surface area contributed by atoms with Gasteiger partial charge >= 0.3 is 6.03 Å². The van der Waals surface area contributed by atoms with Gasteiger partial charge in [-0.2, -0.15) is 0 Å². The molecule has 22 heavy (non-hydrogen) atoms. The highest BCUT2D eigenvalue weighted by Crippen LogP contribution is 2.17. The number of ether oxygens (including phenoxy) is 1. The Morgan fingerprint density at radius 3 is 2.55 bits per heavy atom. The molecule has 0 radical (unpaired) electrons. The second kappa shape index (κ2) is 7.51. The number of rotatable bonds is 6. The number of benzene rings is 1. The lowest BCUT2D eigenvalue weighted by atomic mass is 10.1. The fourth-order valence-corrected chi connectivity index (χ4v) is 2.03. The van der Waals surface area contributed by atoms with Gasteiger partial charge < -0.3 is 20.1 Å². The molecule has 1 aromatic carbocycles. The second-order valence-corrected chi connectivity index (χ2v) is 5.80. The van der Waals surface area contributed by atoms with Gasteiger partial charge in [0.1, 0.15) is 0 Å². The van der Waals surface area contributed by atoms with Crippen LogP contribution in [0.5, 0.6) is 0 Å². The Morgan fingerprint density at radius 2 is 2.05 bits per heavy atom. The number of nitrogens with zero attached hydrogens (tertiary/aromatic N) is 1. The molecule has 1 aromatic rings. The van der Waals surface area contributed by atoms with E-state index in [0.717, 1.165) is 12.1 Å². The first kappa shape index (κ1) is 18.3. The van der Waals surface area contributed by atoms with Crippen molar-refractivity contribution in [3.05, 3.63) is 35.4 Å². The lowest BCUT2D eigenvalue weighted by Crippen LogP contribution is -2.46. The predicted molar refractivity (Wildman–Crippen MR) is 78.4 cm³/mol. The highest BCUT2D eigenvalue weighted by Gasteiger charge is 2.22. The van der Waals surface area contributed by atoms with Crippen molar-refractivity contribution in [2.45, 2.75) is 25.5 Å². The molecule has 2 N–H and O–H groups in total. The van der Waals surface area contributed by atoms with E-state index in [9.17, 15) is 18.7 Å². The van der Waals surface area contributed by atoms with Crippen LogP contribution in [-0.2, 0) is 4.74 Å². The van der Waals surface area contributed by atoms with Gasteiger partial charge in [-0.1, -0.05) is 6.07 Å². The lowest BCUT2D eigenvalue weighted by molar-refractivity contribution is 0.0521. The van der Waals surface area contributed by atoms with Crippen molar-refractivity contribution in [2.24, 2.45) is 0 Å². The van der Waals surface area contributed by atoms with Crippen molar-refractivity contribution in [3.63, 3.8) is 0 Å². The molecule has 0 aliphatic carbocycles. The lowest BCUT2D eigenvalue weighted by Gasteiger charge is -2.28. The summed E-state index contributed by atoms with van der Waals surface area (Å²) in [4.78, 5) is 13.4. The van der Waals surface area contributed by atoms with E-state index in [2.05, 4.69) is 5.32 Å². The minimum atomic E-state index is -1.04. The maximum Gasteiger partial charge on any atom is 0.317 e. The van der Waals surface area contributed by atoms with Gasteiger partial charge in [-0.25, -0.2) is 13.6 Å². The van der Waals surface area contributed by atoms with Crippen molar-refractivity contribution >= 4 is 6.03 Å². The first-order chi connectivity index (χ1) is 10.1. The molecule has 0 aromatic heterocycles. The summed E-state index contributed by atoms with van der Waals surface area (Å²) in [6, 6.07) is 2.33. The molecule has 5 nitrogen and oxygen atoms in total. The Hall–Kier alpha value is -1.73. The highest BCUT2D eigenvalue weighted by atomic mass is 19.2. The zero-order chi connectivity index (χ0) is 16.9. The van der Waals surface area contributed by atoms with E-state index in [4.69, 9.17) is 4.74 Å². The Kier molecular flexibility index (Phi) is 6.25. The number of halogens is 2. The third-order valence-corrected chi connectivity index (χ3v) is 2.95. The maximum absolute atomic E-state index is 13.3. The van der Waals surface area contributed by atoms with Gasteiger partial charge in [-0.3, -0.25) is 0 Å². The molecular weight excluding hydrogens is 294 g/mol. The molecule has 0 spiro atoms. The number of carbonyl (C=O) groups is 1. The van der Waals surface area contributed by atoms with Gasteiger partial charge in [-0.15, -0.1) is 0 Å². The monoisotopic (exact) mass is 316 g/mol. The second-order valence-electron chi connectivity index (χ2n) is 5.80. The zero-order valence-electron chi connectivity index (χ0n) is 13.2. The molecule has 0 saturated heterocycles. The predicted octanol–water partition coefficient (Wildman–Crippen LogP) is 2.06. The standard InChI is InChI=1S/C15H22F2N2O3/c1-15(2,21)9-19(3)14(20)18-13(8-22-4)10-5-6-11(16)12(17)7-10/h5-7,13,21H,8-9H2,1-4H3,(H,18,20). The van der Waals surface area contributed by atoms with Gasteiger partial charge in [0.25, 0.3) is 0 Å². The van der Waals surface area contributed by atoms with Gasteiger partial charge in [0.15, 0.2) is 11.6 Å². The Bertz CT molecular complexity index is 518. The molecule has 2 amide bonds. The molecule has 1 atom stereocenters. The van der Waals surface area contributed by atoms with Crippen molar-refractivity contribution < 1.29 is 23.4 Å². The molecule has 0 bridgehead atoms. The SMILES string of the molecule is COCC(NC(=O)N(C)CC(C)(C)O)c1ccc(F)c(F)c1. The largest absolute Gasteiger partial charge is 0.389 e. The number of hydrogen-bond donors (Lipinski definition) is 2. The van der Waals surface area contributed by atoms with Crippen LogP contribution in [0.3, 0.4) is 0 Å². The highest BCUT2D eigenvalue weighted by molar-refractivity contribution is 5.74. The van der Waals surface area contributed by atoms with E-state index < -0.39 is 29.3 Å². The summed E-state index contributed by atoms with van der Waals surface area (Å²) in [5.41, 5.74) is -0.643. The smallest absolute Gasteiger partial charge is 0.317 e. The zero-order valence-corrected chi connectivity index (χ0v) is 13.2. The average molecular weight is 316 g/mol. The minimum Gasteiger partial charge on any atom is -0.389 e. The number of methoxy groups -OCH3 is 1. The number of aliphatic hydroxyl groups is 1. The number of nitrogens with one attached hydrogen (secondary N) is 1. The number of hydrogen-bond acceptors (Lipinski definition) is 3. The van der Waals surface area contributed by atoms with Crippen LogP contribution in [0, 0.1) is 11.6 Å². The van der Waals surface area contributed by atoms with Crippen LogP contribution >= 0.6 is 0 Å². The summed E-state index contributed by atoms with van der Waals surface area (Å²) in [6.07, 6.45) is 0. The summed E-state index contributed by atoms with van der Waals surface area (Å²) < 4.78 is 31.3. The topological polar surface area (TPSA) is 61.8 Å². The average Bonchev–Trinajstić information content (AvgIpc) is 2.39. The van der Waals surface area contributed by atoms with Crippen molar-refractivity contribution in [3.8, 4) is 0 Å². The van der Waals surface area contributed by atoms with Crippen LogP contribution in [-0.4, -0.2) is 48.9 Å². The van der Waals surface area contributed by atoms with Crippen LogP contribution in [0.2, 0.25) is 0 Å². The van der Waals surface area contributed by atoms with Crippen LogP contribution < -0.4 is 5.32 Å². The fraction of sp³-hybridized carbons (Fsp3) is 0.533.